The highest BCUT2D eigenvalue weighted by Crippen LogP contribution is 2.11. The molecule has 0 spiro atoms. The fraction of sp³-hybridized carbons (Fsp3) is 0.667. The molecule has 0 aromatic rings. The summed E-state index contributed by atoms with van der Waals surface area (Å²) in [5.74, 6) is 0.200. The molecule has 0 amide bonds. The Labute approximate surface area is 143 Å². The van der Waals surface area contributed by atoms with E-state index >= 15 is 0 Å². The van der Waals surface area contributed by atoms with Gasteiger partial charge in [-0.2, -0.15) is 0 Å². The van der Waals surface area contributed by atoms with Gasteiger partial charge < -0.3 is 5.11 Å². The minimum absolute atomic E-state index is 0.200. The van der Waals surface area contributed by atoms with Gasteiger partial charge in [-0.1, -0.05) is 76.0 Å². The molecule has 1 unspecified atom stereocenters. The zero-order valence-corrected chi connectivity index (χ0v) is 15.2. The Kier molecular flexibility index (Phi) is 16.3. The van der Waals surface area contributed by atoms with Gasteiger partial charge in [-0.25, -0.2) is 0 Å². The molecule has 2 heteroatoms. The average Bonchev–Trinajstić information content (AvgIpc) is 2.52. The van der Waals surface area contributed by atoms with Crippen LogP contribution in [0.15, 0.2) is 36.5 Å². The van der Waals surface area contributed by atoms with Gasteiger partial charge in [0.15, 0.2) is 0 Å². The molecule has 23 heavy (non-hydrogen) atoms. The summed E-state index contributed by atoms with van der Waals surface area (Å²) in [6, 6.07) is 0. The number of carbonyl (C=O) groups is 1. The molecule has 0 saturated heterocycles. The van der Waals surface area contributed by atoms with Crippen LogP contribution in [0.4, 0.5) is 0 Å². The predicted octanol–water partition coefficient (Wildman–Crippen LogP) is 5.92. The van der Waals surface area contributed by atoms with Crippen LogP contribution in [0.25, 0.3) is 0 Å². The molecule has 0 rings (SSSR count). The van der Waals surface area contributed by atoms with Crippen molar-refractivity contribution in [2.24, 2.45) is 0 Å². The lowest BCUT2D eigenvalue weighted by molar-refractivity contribution is -0.121. The highest BCUT2D eigenvalue weighted by atomic mass is 16.3. The number of Topliss-reactive ketones (excluding diaryl/α,β-unsaturated/α-hetero) is 1. The molecular formula is C21H36O2. The van der Waals surface area contributed by atoms with Gasteiger partial charge in [0.2, 0.25) is 0 Å². The summed E-state index contributed by atoms with van der Waals surface area (Å²) in [6.07, 6.45) is 23.0. The fourth-order valence-electron chi connectivity index (χ4n) is 2.44. The summed E-state index contributed by atoms with van der Waals surface area (Å²) in [5, 5.41) is 9.78. The van der Waals surface area contributed by atoms with Crippen LogP contribution in [0, 0.1) is 0 Å². The normalized spacial score (nSPS) is 13.5. The molecule has 0 aliphatic heterocycles. The number of rotatable bonds is 15. The summed E-state index contributed by atoms with van der Waals surface area (Å²) < 4.78 is 0. The van der Waals surface area contributed by atoms with E-state index in [0.717, 1.165) is 38.5 Å². The molecule has 2 nitrogen and oxygen atoms in total. The maximum Gasteiger partial charge on any atom is 0.135 e. The molecule has 0 fully saturated rings. The Morgan fingerprint density at radius 2 is 1.57 bits per heavy atom. The molecule has 0 heterocycles. The number of unbranched alkanes of at least 4 members (excludes halogenated alkanes) is 5. The van der Waals surface area contributed by atoms with E-state index in [0.29, 0.717) is 12.8 Å². The second-order valence-electron chi connectivity index (χ2n) is 6.14. The van der Waals surface area contributed by atoms with Gasteiger partial charge in [-0.05, 0) is 32.1 Å². The third-order valence-electron chi connectivity index (χ3n) is 3.74. The van der Waals surface area contributed by atoms with E-state index in [1.165, 1.54) is 19.3 Å². The standard InChI is InChI=1S/C21H36O2/c1-3-5-6-7-8-9-10-11-12-13-14-15-16-18-21(23)19-20(22)17-4-2/h5-10,21,23H,3-4,11-19H2,1-2H3. The Bertz CT molecular complexity index is 353. The topological polar surface area (TPSA) is 37.3 Å². The molecule has 0 radical (unpaired) electrons. The van der Waals surface area contributed by atoms with Crippen molar-refractivity contribution in [3.63, 3.8) is 0 Å². The molecule has 0 aromatic heterocycles. The van der Waals surface area contributed by atoms with E-state index in [1.807, 2.05) is 6.92 Å². The van der Waals surface area contributed by atoms with Crippen LogP contribution in [0.3, 0.4) is 0 Å². The van der Waals surface area contributed by atoms with E-state index in [9.17, 15) is 9.90 Å². The van der Waals surface area contributed by atoms with E-state index in [1.54, 1.807) is 0 Å². The summed E-state index contributed by atoms with van der Waals surface area (Å²) in [4.78, 5) is 11.4. The monoisotopic (exact) mass is 320 g/mol. The number of ketones is 1. The maximum atomic E-state index is 11.4. The maximum absolute atomic E-state index is 11.4. The first-order valence-corrected chi connectivity index (χ1v) is 9.38. The summed E-state index contributed by atoms with van der Waals surface area (Å²) in [7, 11) is 0. The molecule has 132 valence electrons. The van der Waals surface area contributed by atoms with Gasteiger partial charge in [0.05, 0.1) is 6.10 Å². The Hall–Kier alpha value is -1.15. The minimum Gasteiger partial charge on any atom is -0.393 e. The zero-order valence-electron chi connectivity index (χ0n) is 15.2. The highest BCUT2D eigenvalue weighted by Gasteiger charge is 2.09. The van der Waals surface area contributed by atoms with Crippen LogP contribution < -0.4 is 0 Å². The second-order valence-corrected chi connectivity index (χ2v) is 6.14. The number of carbonyl (C=O) groups excluding carboxylic acids is 1. The summed E-state index contributed by atoms with van der Waals surface area (Å²) in [5.41, 5.74) is 0. The fourth-order valence-corrected chi connectivity index (χ4v) is 2.44. The predicted molar refractivity (Wildman–Crippen MR) is 101 cm³/mol. The first-order valence-electron chi connectivity index (χ1n) is 9.38. The molecule has 0 bridgehead atoms. The van der Waals surface area contributed by atoms with Crippen LogP contribution in [-0.4, -0.2) is 17.0 Å². The third kappa shape index (κ3) is 17.0. The van der Waals surface area contributed by atoms with Crippen molar-refractivity contribution in [1.29, 1.82) is 0 Å². The Morgan fingerprint density at radius 1 is 0.913 bits per heavy atom. The van der Waals surface area contributed by atoms with Gasteiger partial charge in [0, 0.05) is 12.8 Å². The minimum atomic E-state index is -0.425. The van der Waals surface area contributed by atoms with Crippen molar-refractivity contribution in [3.05, 3.63) is 36.5 Å². The van der Waals surface area contributed by atoms with Crippen molar-refractivity contribution >= 4 is 5.78 Å². The van der Waals surface area contributed by atoms with Crippen molar-refractivity contribution in [2.45, 2.75) is 90.6 Å². The summed E-state index contributed by atoms with van der Waals surface area (Å²) in [6.45, 7) is 4.13. The largest absolute Gasteiger partial charge is 0.393 e. The highest BCUT2D eigenvalue weighted by molar-refractivity contribution is 5.78. The first kappa shape index (κ1) is 21.9. The molecule has 1 atom stereocenters. The molecule has 0 aliphatic carbocycles. The average molecular weight is 321 g/mol. The molecule has 1 N–H and O–H groups in total. The molecule has 0 aromatic carbocycles. The van der Waals surface area contributed by atoms with E-state index in [2.05, 4.69) is 43.4 Å². The van der Waals surface area contributed by atoms with Crippen LogP contribution in [0.1, 0.15) is 84.5 Å². The first-order chi connectivity index (χ1) is 11.2. The third-order valence-corrected chi connectivity index (χ3v) is 3.74. The molecule has 0 saturated carbocycles. The van der Waals surface area contributed by atoms with Gasteiger partial charge in [-0.15, -0.1) is 0 Å². The van der Waals surface area contributed by atoms with Crippen molar-refractivity contribution in [1.82, 2.24) is 0 Å². The van der Waals surface area contributed by atoms with Crippen molar-refractivity contribution in [2.75, 3.05) is 0 Å². The number of aliphatic hydroxyl groups is 1. The smallest absolute Gasteiger partial charge is 0.135 e. The second kappa shape index (κ2) is 17.2. The van der Waals surface area contributed by atoms with Crippen LogP contribution in [0.5, 0.6) is 0 Å². The lowest BCUT2D eigenvalue weighted by Gasteiger charge is -2.09. The summed E-state index contributed by atoms with van der Waals surface area (Å²) >= 11 is 0. The van der Waals surface area contributed by atoms with Crippen LogP contribution >= 0.6 is 0 Å². The van der Waals surface area contributed by atoms with Gasteiger partial charge >= 0.3 is 0 Å². The number of aliphatic hydroxyl groups excluding tert-OH is 1. The van der Waals surface area contributed by atoms with E-state index in [4.69, 9.17) is 0 Å². The molecular weight excluding hydrogens is 284 g/mol. The van der Waals surface area contributed by atoms with E-state index < -0.39 is 6.10 Å². The number of hydrogen-bond donors (Lipinski definition) is 1. The van der Waals surface area contributed by atoms with E-state index in [-0.39, 0.29) is 5.78 Å². The van der Waals surface area contributed by atoms with Gasteiger partial charge in [-0.3, -0.25) is 4.79 Å². The Balaban J connectivity index is 3.39. The zero-order chi connectivity index (χ0) is 17.2. The Morgan fingerprint density at radius 3 is 2.26 bits per heavy atom. The van der Waals surface area contributed by atoms with Crippen LogP contribution in [0.2, 0.25) is 0 Å². The number of allylic oxidation sites excluding steroid dienone is 6. The van der Waals surface area contributed by atoms with Gasteiger partial charge in [0.1, 0.15) is 5.78 Å². The quantitative estimate of drug-likeness (QED) is 0.300. The SMILES string of the molecule is CCC=CC=CC=CCCCCCCCC(O)CC(=O)CCC. The molecule has 0 aliphatic rings. The lowest BCUT2D eigenvalue weighted by Crippen LogP contribution is -2.12. The number of hydrogen-bond acceptors (Lipinski definition) is 2. The van der Waals surface area contributed by atoms with Gasteiger partial charge in [0.25, 0.3) is 0 Å². The van der Waals surface area contributed by atoms with Crippen LogP contribution in [-0.2, 0) is 4.79 Å². The lowest BCUT2D eigenvalue weighted by atomic mass is 10.0. The van der Waals surface area contributed by atoms with Crippen molar-refractivity contribution < 1.29 is 9.90 Å². The van der Waals surface area contributed by atoms with Crippen molar-refractivity contribution in [3.8, 4) is 0 Å².